The number of nitrogens with zero attached hydrogens (tertiary/aromatic N) is 4. The molecule has 442 valence electrons. The Balaban J connectivity index is 1.23. The Hall–Kier alpha value is -7.24. The van der Waals surface area contributed by atoms with Crippen LogP contribution in [-0.2, 0) is 43.3 Å². The minimum atomic E-state index is -4.91. The molecule has 3 aromatic heterocycles. The molecule has 0 spiro atoms. The maximum absolute atomic E-state index is 10.7. The molecule has 0 unspecified atom stereocenters. The molecule has 0 N–H and O–H groups in total. The van der Waals surface area contributed by atoms with Crippen molar-refractivity contribution in [3.63, 3.8) is 0 Å². The van der Waals surface area contributed by atoms with Crippen molar-refractivity contribution in [2.75, 3.05) is 0 Å². The van der Waals surface area contributed by atoms with Crippen molar-refractivity contribution in [3.05, 3.63) is 196 Å². The number of ether oxygens (including phenoxy) is 1. The van der Waals surface area contributed by atoms with Crippen LogP contribution >= 0.6 is 0 Å². The van der Waals surface area contributed by atoms with Gasteiger partial charge in [0, 0.05) is 71.0 Å². The molecule has 5 heteroatoms. The molecule has 0 amide bonds. The zero-order valence-electron chi connectivity index (χ0n) is 90.4. The van der Waals surface area contributed by atoms with E-state index in [0.717, 1.165) is 62.5 Å². The third kappa shape index (κ3) is 9.55. The number of hydrogen-bond donors (Lipinski definition) is 0. The largest absolute Gasteiger partial charge is 0.458 e. The molecule has 0 atom stereocenters. The Labute approximate surface area is 571 Å². The summed E-state index contributed by atoms with van der Waals surface area (Å²) in [7, 11) is 0. The van der Waals surface area contributed by atoms with Gasteiger partial charge < -0.3 is 4.74 Å². The van der Waals surface area contributed by atoms with E-state index in [9.17, 15) is 35.6 Å². The first-order valence-corrected chi connectivity index (χ1v) is 28.4. The first kappa shape index (κ1) is 27.4. The summed E-state index contributed by atoms with van der Waals surface area (Å²) in [5.74, 6) is 0.242. The van der Waals surface area contributed by atoms with Crippen LogP contribution in [0.2, 0.25) is 0 Å². The van der Waals surface area contributed by atoms with Crippen molar-refractivity contribution in [1.29, 1.82) is 0 Å². The summed E-state index contributed by atoms with van der Waals surface area (Å²) in [6, 6.07) is 14.1. The van der Waals surface area contributed by atoms with Gasteiger partial charge in [-0.05, 0) is 209 Å². The van der Waals surface area contributed by atoms with E-state index in [-0.39, 0.29) is 50.0 Å². The number of imidazole rings is 1. The fourth-order valence-corrected chi connectivity index (χ4v) is 12.2. The van der Waals surface area contributed by atoms with Crippen molar-refractivity contribution in [2.45, 2.75) is 213 Å². The fourth-order valence-electron chi connectivity index (χ4n) is 12.2. The molecule has 0 aliphatic heterocycles. The number of rotatable bonds is 7. The lowest BCUT2D eigenvalue weighted by Crippen LogP contribution is -2.34. The third-order valence-electron chi connectivity index (χ3n) is 17.3. The Bertz CT molecular complexity index is 5990. The van der Waals surface area contributed by atoms with Gasteiger partial charge in [-0.15, -0.1) is 0 Å². The van der Waals surface area contributed by atoms with Crippen LogP contribution in [0, 0.1) is 13.2 Å². The van der Waals surface area contributed by atoms with E-state index in [2.05, 4.69) is 66.9 Å². The van der Waals surface area contributed by atoms with Crippen molar-refractivity contribution in [1.82, 2.24) is 14.1 Å². The van der Waals surface area contributed by atoms with Crippen LogP contribution in [-0.4, -0.2) is 14.1 Å². The fraction of sp³-hybridized carbons (Fsp3) is 0.407. The summed E-state index contributed by atoms with van der Waals surface area (Å²) >= 11 is 0. The average molecular weight is 1180 g/mol. The quantitative estimate of drug-likeness (QED) is 0.118. The highest BCUT2D eigenvalue weighted by atomic mass is 16.5. The predicted octanol–water partition coefficient (Wildman–Crippen LogP) is 21.3. The molecule has 3 aliphatic rings. The van der Waals surface area contributed by atoms with Crippen molar-refractivity contribution < 1.29 is 65.5 Å². The third-order valence-corrected chi connectivity index (χ3v) is 17.3. The molecule has 13 rings (SSSR count). The van der Waals surface area contributed by atoms with E-state index in [1.54, 1.807) is 18.3 Å². The molecule has 0 saturated carbocycles. The van der Waals surface area contributed by atoms with Crippen LogP contribution in [0.4, 0.5) is 0 Å². The molecule has 0 fully saturated rings. The lowest BCUT2D eigenvalue weighted by Gasteiger charge is -2.42. The molecule has 86 heavy (non-hydrogen) atoms. The lowest BCUT2D eigenvalue weighted by molar-refractivity contribution is -0.571. The van der Waals surface area contributed by atoms with Crippen molar-refractivity contribution >= 4 is 32.8 Å². The number of hydrogen-bond acceptors (Lipinski definition) is 2. The van der Waals surface area contributed by atoms with Crippen LogP contribution in [0.1, 0.15) is 269 Å². The van der Waals surface area contributed by atoms with E-state index in [0.29, 0.717) is 11.3 Å². The van der Waals surface area contributed by atoms with Gasteiger partial charge >= 0.3 is 0 Å². The SMILES string of the molecule is [2H]c1c([2H])c2c(c([2H])c1-c1cc(C(C)(C)C)cc(-c3c([2H])c([2H])c4c(c3[2H])C(C([2H])([2H])[2H])(C([2H])([2H])[2H])C([2H])([2H])C([2H])([2H])C4(C([2H])([2H])[2H])C([2H])([2H])[2H])c1-[n+]1[c-]n(-c3ccc(C([2H])([2H])[2H])c(Oc4ccc5c6cc7c(cc6n(-c6cc(C(C)(C)C)ccn6)c5c4)C(C)(C)CCC7(C)C)c3)c3ccccc31)C(C([2H])([2H])[2H])(C([2H])([2H])[2H])C([2H])([2H])C([2H])([2H])C2(C([2H])([2H])[2H])C([2H])([2H])[2H]. The van der Waals surface area contributed by atoms with Crippen molar-refractivity contribution in [3.8, 4) is 50.9 Å². The van der Waals surface area contributed by atoms with Gasteiger partial charge in [0.25, 0.3) is 6.33 Å². The van der Waals surface area contributed by atoms with Gasteiger partial charge in [0.2, 0.25) is 0 Å². The average Bonchev–Trinajstić information content (AvgIpc) is 0.878. The van der Waals surface area contributed by atoms with E-state index >= 15 is 0 Å². The van der Waals surface area contributed by atoms with Crippen LogP contribution in [0.15, 0.2) is 140 Å². The van der Waals surface area contributed by atoms with E-state index < -0.39 is 206 Å². The highest BCUT2D eigenvalue weighted by Gasteiger charge is 2.41. The summed E-state index contributed by atoms with van der Waals surface area (Å²) in [5, 5.41) is 1.62. The summed E-state index contributed by atoms with van der Waals surface area (Å²) in [6.07, 6.45) is -12.9. The van der Waals surface area contributed by atoms with Crippen LogP contribution in [0.5, 0.6) is 11.5 Å². The number of aryl methyl sites for hydroxylation is 1. The Morgan fingerprint density at radius 2 is 1.13 bits per heavy atom. The topological polar surface area (TPSA) is 35.9 Å². The number of para-hydroxylation sites is 2. The number of benzene rings is 7. The zero-order chi connectivity index (χ0) is 96.1. The molecule has 0 radical (unpaired) electrons. The summed E-state index contributed by atoms with van der Waals surface area (Å²) in [6.45, 7) is -20.6. The van der Waals surface area contributed by atoms with Gasteiger partial charge in [-0.25, -0.2) is 4.98 Å². The van der Waals surface area contributed by atoms with Gasteiger partial charge in [-0.3, -0.25) is 13.7 Å². The Kier molecular flexibility index (Phi) is 6.18. The van der Waals surface area contributed by atoms with Gasteiger partial charge in [0.05, 0.1) is 41.7 Å². The van der Waals surface area contributed by atoms with Gasteiger partial charge in [-0.2, -0.15) is 0 Å². The second-order valence-corrected chi connectivity index (χ2v) is 26.6. The predicted molar refractivity (Wildman–Crippen MR) is 361 cm³/mol. The van der Waals surface area contributed by atoms with Crippen LogP contribution in [0.25, 0.3) is 72.3 Å². The molecule has 0 bridgehead atoms. The van der Waals surface area contributed by atoms with E-state index in [1.807, 2.05) is 22.8 Å². The van der Waals surface area contributed by atoms with Crippen LogP contribution < -0.4 is 9.30 Å². The zero-order valence-corrected chi connectivity index (χ0v) is 49.4. The van der Waals surface area contributed by atoms with E-state index in [1.165, 1.54) is 67.8 Å². The summed E-state index contributed by atoms with van der Waals surface area (Å²) in [4.78, 5) is 4.93. The minimum absolute atomic E-state index is 0.0639. The molecule has 10 aromatic rings. The normalized spacial score (nSPS) is 28.9. The highest BCUT2D eigenvalue weighted by molar-refractivity contribution is 6.10. The molecule has 3 heterocycles. The molecule has 0 saturated heterocycles. The Morgan fingerprint density at radius 3 is 1.71 bits per heavy atom. The summed E-state index contributed by atoms with van der Waals surface area (Å²) < 4.78 is 397. The van der Waals surface area contributed by atoms with Gasteiger partial charge in [0.1, 0.15) is 17.3 Å². The van der Waals surface area contributed by atoms with Gasteiger partial charge in [-0.1, -0.05) is 203 Å². The van der Waals surface area contributed by atoms with Crippen LogP contribution in [0.3, 0.4) is 0 Å². The minimum Gasteiger partial charge on any atom is -0.458 e. The number of aromatic nitrogens is 4. The molecule has 5 nitrogen and oxygen atoms in total. The maximum atomic E-state index is 10.7. The number of fused-ring (bicyclic) bond motifs is 7. The Morgan fingerprint density at radius 1 is 0.558 bits per heavy atom. The first-order chi connectivity index (χ1) is 57.1. The maximum Gasteiger partial charge on any atom is 0.269 e. The summed E-state index contributed by atoms with van der Waals surface area (Å²) in [5.41, 5.74) is -31.3. The second kappa shape index (κ2) is 19.4. The molecular formula is C81H92N4O. The smallest absolute Gasteiger partial charge is 0.269 e. The molecule has 3 aliphatic carbocycles. The molecular weight excluding hydrogens is 1040 g/mol. The van der Waals surface area contributed by atoms with Gasteiger partial charge in [0.15, 0.2) is 0 Å². The first-order valence-electron chi connectivity index (χ1n) is 48.9. The van der Waals surface area contributed by atoms with E-state index in [4.69, 9.17) is 30.3 Å². The monoisotopic (exact) mass is 1180 g/mol. The molecule has 7 aromatic carbocycles. The lowest BCUT2D eigenvalue weighted by atomic mass is 9.62. The van der Waals surface area contributed by atoms with Crippen molar-refractivity contribution in [2.24, 2.45) is 0 Å². The number of pyridine rings is 1. The highest BCUT2D eigenvalue weighted by Crippen LogP contribution is 2.52. The second-order valence-electron chi connectivity index (χ2n) is 26.6. The standard InChI is InChI=1S/C81H92N4O/c1-50-24-27-55(45-71(50)86-56-28-29-57-60-47-65-66(81(18,19)38-37-80(65,16)17)48-70(60)85(69(57)46-56)72-44-53(32-39-82-72)74(2,3)4)83-49-84(68-23-21-20-22-67(68)83)73-58(51-25-30-61-63(40-51)78(12,13)35-33-76(61,8)9)42-54(75(5,6)7)43-59(73)52-26-31-62-64(41-52)79(14,15)36-34-77(62,10)11/h20-32,39-48H,33-38H2,1-19H3/i1D3,8D3,9D3,10D3,11D3,12D3,13D3,14D3,15D3,25D,26D,30D,31D,33D2,34D2,35D2,36D2,40D,41D.